The average molecular weight is 364 g/mol. The minimum atomic E-state index is -3.13. The topological polar surface area (TPSA) is 77.9 Å². The molecule has 25 heavy (non-hydrogen) atoms. The molecule has 6 nitrogen and oxygen atoms in total. The number of phenols is 1. The molecule has 7 heteroatoms. The zero-order valence-corrected chi connectivity index (χ0v) is 15.2. The van der Waals surface area contributed by atoms with E-state index in [4.69, 9.17) is 0 Å². The first-order chi connectivity index (χ1) is 11.9. The number of aromatic hydroxyl groups is 1. The first kappa shape index (κ1) is 16.8. The molecule has 1 N–H and O–H groups in total. The number of piperazine rings is 1. The fraction of sp³-hybridized carbons (Fsp3) is 0.611. The molecule has 0 unspecified atom stereocenters. The molecule has 1 amide bonds. The summed E-state index contributed by atoms with van der Waals surface area (Å²) in [5.41, 5.74) is 1.00. The van der Waals surface area contributed by atoms with Crippen LogP contribution in [0.25, 0.3) is 0 Å². The van der Waals surface area contributed by atoms with Gasteiger partial charge in [-0.05, 0) is 37.8 Å². The zero-order valence-electron chi connectivity index (χ0n) is 14.4. The van der Waals surface area contributed by atoms with Gasteiger partial charge in [-0.1, -0.05) is 6.07 Å². The smallest absolute Gasteiger partial charge is 0.254 e. The first-order valence-corrected chi connectivity index (χ1v) is 10.7. The molecule has 0 aromatic heterocycles. The fourth-order valence-corrected chi connectivity index (χ4v) is 6.16. The van der Waals surface area contributed by atoms with E-state index in [0.29, 0.717) is 23.6 Å². The van der Waals surface area contributed by atoms with Crippen LogP contribution in [0.5, 0.6) is 5.75 Å². The van der Waals surface area contributed by atoms with Crippen molar-refractivity contribution in [3.05, 3.63) is 29.3 Å². The van der Waals surface area contributed by atoms with Gasteiger partial charge in [-0.25, -0.2) is 8.42 Å². The van der Waals surface area contributed by atoms with Crippen molar-refractivity contribution in [3.8, 4) is 5.75 Å². The van der Waals surface area contributed by atoms with E-state index in [0.717, 1.165) is 13.1 Å². The number of carbonyl (C=O) groups excluding carboxylic acids is 1. The Labute approximate surface area is 148 Å². The number of carbonyl (C=O) groups is 1. The minimum Gasteiger partial charge on any atom is -0.508 e. The monoisotopic (exact) mass is 364 g/mol. The molecule has 2 saturated heterocycles. The van der Waals surface area contributed by atoms with Crippen LogP contribution in [0.15, 0.2) is 18.2 Å². The summed E-state index contributed by atoms with van der Waals surface area (Å²) in [6.45, 7) is 3.92. The number of hydrogen-bond acceptors (Lipinski definition) is 5. The van der Waals surface area contributed by atoms with Gasteiger partial charge in [-0.15, -0.1) is 0 Å². The number of rotatable bonds is 3. The van der Waals surface area contributed by atoms with Crippen LogP contribution in [0.1, 0.15) is 28.8 Å². The van der Waals surface area contributed by atoms with E-state index in [1.807, 2.05) is 0 Å². The van der Waals surface area contributed by atoms with Crippen LogP contribution in [0.4, 0.5) is 0 Å². The van der Waals surface area contributed by atoms with Crippen LogP contribution in [-0.2, 0) is 9.84 Å². The fourth-order valence-electron chi connectivity index (χ4n) is 4.15. The zero-order chi connectivity index (χ0) is 17.8. The summed E-state index contributed by atoms with van der Waals surface area (Å²) in [6, 6.07) is 4.53. The minimum absolute atomic E-state index is 0.0441. The molecule has 3 fully saturated rings. The molecule has 136 valence electrons. The number of sulfone groups is 1. The Hall–Kier alpha value is -1.60. The van der Waals surface area contributed by atoms with Crippen LogP contribution in [0.2, 0.25) is 0 Å². The maximum Gasteiger partial charge on any atom is 0.254 e. The number of benzene rings is 1. The Morgan fingerprint density at radius 1 is 1.20 bits per heavy atom. The molecule has 1 aliphatic carbocycles. The molecule has 3 aliphatic rings. The molecule has 2 heterocycles. The van der Waals surface area contributed by atoms with Gasteiger partial charge >= 0.3 is 0 Å². The van der Waals surface area contributed by atoms with E-state index in [9.17, 15) is 18.3 Å². The Kier molecular flexibility index (Phi) is 4.03. The third kappa shape index (κ3) is 3.15. The lowest BCUT2D eigenvalue weighted by atomic mass is 10.0. The molecular formula is C18H24N2O4S. The second kappa shape index (κ2) is 5.99. The number of hydrogen-bond donors (Lipinski definition) is 1. The molecule has 1 saturated carbocycles. The third-order valence-corrected chi connectivity index (χ3v) is 7.48. The van der Waals surface area contributed by atoms with Gasteiger partial charge < -0.3 is 10.0 Å². The largest absolute Gasteiger partial charge is 0.508 e. The predicted molar refractivity (Wildman–Crippen MR) is 94.4 cm³/mol. The molecule has 1 aromatic carbocycles. The highest BCUT2D eigenvalue weighted by molar-refractivity contribution is 7.91. The van der Waals surface area contributed by atoms with Gasteiger partial charge in [0, 0.05) is 36.8 Å². The van der Waals surface area contributed by atoms with Gasteiger partial charge in [0.1, 0.15) is 5.75 Å². The lowest BCUT2D eigenvalue weighted by Crippen LogP contribution is -2.60. The van der Waals surface area contributed by atoms with Crippen molar-refractivity contribution in [1.29, 1.82) is 0 Å². The SMILES string of the molecule is Cc1c(O)cccc1C(=O)N1CCN(CC2CC2)[C@@H]2CS(=O)(=O)C[C@@H]21. The molecule has 0 bridgehead atoms. The van der Waals surface area contributed by atoms with Gasteiger partial charge in [-0.3, -0.25) is 9.69 Å². The van der Waals surface area contributed by atoms with E-state index < -0.39 is 9.84 Å². The number of phenolic OH excluding ortho intramolecular Hbond substituents is 1. The van der Waals surface area contributed by atoms with Gasteiger partial charge in [0.15, 0.2) is 9.84 Å². The van der Waals surface area contributed by atoms with Crippen molar-refractivity contribution in [2.24, 2.45) is 5.92 Å². The van der Waals surface area contributed by atoms with Crippen LogP contribution in [0, 0.1) is 12.8 Å². The van der Waals surface area contributed by atoms with E-state index >= 15 is 0 Å². The highest BCUT2D eigenvalue weighted by Gasteiger charge is 2.48. The Bertz CT molecular complexity index is 803. The van der Waals surface area contributed by atoms with Crippen molar-refractivity contribution < 1.29 is 18.3 Å². The van der Waals surface area contributed by atoms with Crippen molar-refractivity contribution in [1.82, 2.24) is 9.80 Å². The third-order valence-electron chi connectivity index (χ3n) is 5.78. The van der Waals surface area contributed by atoms with Crippen LogP contribution in [-0.4, -0.2) is 72.5 Å². The normalized spacial score (nSPS) is 28.8. The summed E-state index contributed by atoms with van der Waals surface area (Å²) < 4.78 is 24.5. The van der Waals surface area contributed by atoms with E-state index in [-0.39, 0.29) is 35.2 Å². The molecule has 2 aliphatic heterocycles. The van der Waals surface area contributed by atoms with E-state index in [2.05, 4.69) is 4.90 Å². The summed E-state index contributed by atoms with van der Waals surface area (Å²) >= 11 is 0. The first-order valence-electron chi connectivity index (χ1n) is 8.90. The maximum atomic E-state index is 13.1. The lowest BCUT2D eigenvalue weighted by molar-refractivity contribution is 0.0317. The highest BCUT2D eigenvalue weighted by Crippen LogP contribution is 2.35. The lowest BCUT2D eigenvalue weighted by Gasteiger charge is -2.44. The molecule has 4 rings (SSSR count). The molecule has 1 aromatic rings. The number of amides is 1. The van der Waals surface area contributed by atoms with Gasteiger partial charge in [0.05, 0.1) is 17.5 Å². The molecular weight excluding hydrogens is 340 g/mol. The summed E-state index contributed by atoms with van der Waals surface area (Å²) in [7, 11) is -3.13. The van der Waals surface area contributed by atoms with Crippen molar-refractivity contribution in [2.45, 2.75) is 31.8 Å². The molecule has 2 atom stereocenters. The second-order valence-electron chi connectivity index (χ2n) is 7.60. The Morgan fingerprint density at radius 2 is 1.92 bits per heavy atom. The van der Waals surface area contributed by atoms with Gasteiger partial charge in [0.2, 0.25) is 0 Å². The number of fused-ring (bicyclic) bond motifs is 1. The summed E-state index contributed by atoms with van der Waals surface area (Å²) in [5.74, 6) is 0.801. The van der Waals surface area contributed by atoms with Crippen molar-refractivity contribution >= 4 is 15.7 Å². The van der Waals surface area contributed by atoms with E-state index in [1.165, 1.54) is 12.8 Å². The molecule has 0 spiro atoms. The molecule has 0 radical (unpaired) electrons. The van der Waals surface area contributed by atoms with Gasteiger partial charge in [0.25, 0.3) is 5.91 Å². The number of nitrogens with zero attached hydrogens (tertiary/aromatic N) is 2. The quantitative estimate of drug-likeness (QED) is 0.867. The van der Waals surface area contributed by atoms with Gasteiger partial charge in [-0.2, -0.15) is 0 Å². The summed E-state index contributed by atoms with van der Waals surface area (Å²) in [4.78, 5) is 17.1. The summed E-state index contributed by atoms with van der Waals surface area (Å²) in [6.07, 6.45) is 2.46. The average Bonchev–Trinajstić information content (AvgIpc) is 3.30. The highest BCUT2D eigenvalue weighted by atomic mass is 32.2. The maximum absolute atomic E-state index is 13.1. The van der Waals surface area contributed by atoms with E-state index in [1.54, 1.807) is 30.0 Å². The van der Waals surface area contributed by atoms with Crippen molar-refractivity contribution in [2.75, 3.05) is 31.1 Å². The summed E-state index contributed by atoms with van der Waals surface area (Å²) in [5, 5.41) is 9.89. The Balaban J connectivity index is 1.62. The standard InChI is InChI=1S/C18H24N2O4S/c1-12-14(3-2-4-17(12)21)18(22)20-8-7-19(9-13-5-6-13)15-10-25(23,24)11-16(15)20/h2-4,13,15-16,21H,5-11H2,1H3/t15-,16+/m1/s1. The van der Waals surface area contributed by atoms with Crippen LogP contribution < -0.4 is 0 Å². The Morgan fingerprint density at radius 3 is 2.64 bits per heavy atom. The predicted octanol–water partition coefficient (Wildman–Crippen LogP) is 1.03. The van der Waals surface area contributed by atoms with Crippen molar-refractivity contribution in [3.63, 3.8) is 0 Å². The van der Waals surface area contributed by atoms with Crippen LogP contribution >= 0.6 is 0 Å². The van der Waals surface area contributed by atoms with Crippen LogP contribution in [0.3, 0.4) is 0 Å². The second-order valence-corrected chi connectivity index (χ2v) is 9.75.